The van der Waals surface area contributed by atoms with E-state index in [1.54, 1.807) is 38.5 Å². The van der Waals surface area contributed by atoms with Crippen molar-refractivity contribution in [2.75, 3.05) is 0 Å². The second-order valence-corrected chi connectivity index (χ2v) is 10.1. The van der Waals surface area contributed by atoms with Crippen molar-refractivity contribution < 1.29 is 0 Å². The molecule has 0 heterocycles. The van der Waals surface area contributed by atoms with Crippen LogP contribution in [0.4, 0.5) is 0 Å². The summed E-state index contributed by atoms with van der Waals surface area (Å²) < 4.78 is 0. The van der Waals surface area contributed by atoms with Gasteiger partial charge in [0.05, 0.1) is 0 Å². The van der Waals surface area contributed by atoms with Crippen molar-refractivity contribution in [2.24, 2.45) is 40.4 Å². The van der Waals surface area contributed by atoms with Gasteiger partial charge in [-0.25, -0.2) is 0 Å². The number of hydrogen-bond donors (Lipinski definition) is 0. The predicted molar refractivity (Wildman–Crippen MR) is 99.3 cm³/mol. The Bertz CT molecular complexity index is 451. The molecule has 23 heavy (non-hydrogen) atoms. The van der Waals surface area contributed by atoms with E-state index in [0.717, 1.165) is 29.6 Å². The molecule has 4 fully saturated rings. The van der Waals surface area contributed by atoms with Crippen LogP contribution in [0.3, 0.4) is 0 Å². The highest BCUT2D eigenvalue weighted by atomic mass is 14.6. The first-order valence-electron chi connectivity index (χ1n) is 10.7. The highest BCUT2D eigenvalue weighted by Crippen LogP contribution is 2.67. The van der Waals surface area contributed by atoms with E-state index >= 15 is 0 Å². The molecule has 0 heteroatoms. The monoisotopic (exact) mass is 314 g/mol. The summed E-state index contributed by atoms with van der Waals surface area (Å²) in [6, 6.07) is 0. The Kier molecular flexibility index (Phi) is 4.18. The maximum atomic E-state index is 3.97. The van der Waals surface area contributed by atoms with Crippen molar-refractivity contribution in [3.63, 3.8) is 0 Å². The van der Waals surface area contributed by atoms with Crippen LogP contribution >= 0.6 is 0 Å². The molecule has 0 aliphatic heterocycles. The van der Waals surface area contributed by atoms with Crippen LogP contribution in [0.5, 0.6) is 0 Å². The molecule has 0 amide bonds. The van der Waals surface area contributed by atoms with Gasteiger partial charge in [0.2, 0.25) is 0 Å². The summed E-state index contributed by atoms with van der Waals surface area (Å²) in [7, 11) is 0. The Morgan fingerprint density at radius 2 is 1.70 bits per heavy atom. The molecule has 4 aliphatic carbocycles. The van der Waals surface area contributed by atoms with Crippen LogP contribution in [-0.2, 0) is 0 Å². The molecule has 0 aromatic rings. The largest absolute Gasteiger partial charge is 0.103 e. The lowest BCUT2D eigenvalue weighted by atomic mass is 9.45. The summed E-state index contributed by atoms with van der Waals surface area (Å²) in [6.45, 7) is 9.36. The van der Waals surface area contributed by atoms with Crippen molar-refractivity contribution in [3.05, 3.63) is 12.7 Å². The highest BCUT2D eigenvalue weighted by Gasteiger charge is 2.59. The van der Waals surface area contributed by atoms with Crippen LogP contribution in [0.2, 0.25) is 0 Å². The van der Waals surface area contributed by atoms with E-state index in [-0.39, 0.29) is 0 Å². The molecule has 0 nitrogen and oxygen atoms in total. The smallest absolute Gasteiger partial charge is 0.0266 e. The van der Waals surface area contributed by atoms with E-state index in [2.05, 4.69) is 26.5 Å². The first kappa shape index (κ1) is 16.2. The van der Waals surface area contributed by atoms with Crippen molar-refractivity contribution in [3.8, 4) is 0 Å². The first-order chi connectivity index (χ1) is 11.1. The zero-order chi connectivity index (χ0) is 16.1. The molecule has 0 N–H and O–H groups in total. The van der Waals surface area contributed by atoms with Gasteiger partial charge in [0, 0.05) is 0 Å². The predicted octanol–water partition coefficient (Wildman–Crippen LogP) is 7.00. The van der Waals surface area contributed by atoms with Crippen molar-refractivity contribution >= 4 is 0 Å². The van der Waals surface area contributed by atoms with Gasteiger partial charge >= 0.3 is 0 Å². The molecule has 130 valence electrons. The van der Waals surface area contributed by atoms with Gasteiger partial charge in [0.25, 0.3) is 0 Å². The Balaban J connectivity index is 1.56. The van der Waals surface area contributed by atoms with Crippen LogP contribution in [0, 0.1) is 40.4 Å². The molecular formula is C23H38. The summed E-state index contributed by atoms with van der Waals surface area (Å²) in [6.07, 6.45) is 20.2. The summed E-state index contributed by atoms with van der Waals surface area (Å²) in [5.74, 6) is 5.25. The minimum atomic E-state index is 0.669. The van der Waals surface area contributed by atoms with E-state index in [9.17, 15) is 0 Å². The molecule has 4 saturated carbocycles. The lowest BCUT2D eigenvalue weighted by Gasteiger charge is -2.60. The lowest BCUT2D eigenvalue weighted by Crippen LogP contribution is -2.52. The van der Waals surface area contributed by atoms with Gasteiger partial charge < -0.3 is 0 Å². The molecule has 1 unspecified atom stereocenters. The second kappa shape index (κ2) is 5.92. The van der Waals surface area contributed by atoms with Gasteiger partial charge in [-0.1, -0.05) is 32.8 Å². The molecule has 0 spiro atoms. The zero-order valence-corrected chi connectivity index (χ0v) is 15.7. The fourth-order valence-corrected chi connectivity index (χ4v) is 8.20. The summed E-state index contributed by atoms with van der Waals surface area (Å²) in [4.78, 5) is 0. The van der Waals surface area contributed by atoms with E-state index in [4.69, 9.17) is 0 Å². The lowest BCUT2D eigenvalue weighted by molar-refractivity contribution is -0.111. The Morgan fingerprint density at radius 3 is 2.52 bits per heavy atom. The van der Waals surface area contributed by atoms with Gasteiger partial charge in [0.15, 0.2) is 0 Å². The van der Waals surface area contributed by atoms with Gasteiger partial charge in [-0.15, -0.1) is 6.58 Å². The fourth-order valence-electron chi connectivity index (χ4n) is 8.20. The van der Waals surface area contributed by atoms with Crippen LogP contribution in [0.25, 0.3) is 0 Å². The minimum absolute atomic E-state index is 0.669. The van der Waals surface area contributed by atoms with Crippen molar-refractivity contribution in [1.82, 2.24) is 0 Å². The second-order valence-electron chi connectivity index (χ2n) is 10.1. The maximum absolute atomic E-state index is 3.97. The van der Waals surface area contributed by atoms with E-state index < -0.39 is 0 Å². The first-order valence-corrected chi connectivity index (χ1v) is 10.7. The van der Waals surface area contributed by atoms with Crippen LogP contribution < -0.4 is 0 Å². The molecule has 4 aliphatic rings. The Hall–Kier alpha value is -0.260. The third-order valence-electron chi connectivity index (χ3n) is 9.50. The summed E-state index contributed by atoms with van der Waals surface area (Å²) >= 11 is 0. The van der Waals surface area contributed by atoms with Gasteiger partial charge in [-0.05, 0) is 105 Å². The third kappa shape index (κ3) is 2.37. The molecule has 0 saturated heterocycles. The number of rotatable bonds is 3. The average molecular weight is 315 g/mol. The number of hydrogen-bond acceptors (Lipinski definition) is 0. The minimum Gasteiger partial charge on any atom is -0.103 e. The standard InChI is InChI=1S/C23H38/c1-4-5-8-17-11-13-20-19-12-10-18-9-6-7-15-22(18,2)21(19)14-16-23(17,20)3/h4,17-21H,1,5-16H2,2-3H3/t17-,18?,19-,20-,21-,22-,23+/m0/s1. The number of allylic oxidation sites excluding steroid dienone is 1. The summed E-state index contributed by atoms with van der Waals surface area (Å²) in [5, 5.41) is 0. The average Bonchev–Trinajstić information content (AvgIpc) is 2.89. The fraction of sp³-hybridized carbons (Fsp3) is 0.913. The quantitative estimate of drug-likeness (QED) is 0.492. The third-order valence-corrected chi connectivity index (χ3v) is 9.50. The van der Waals surface area contributed by atoms with Crippen LogP contribution in [-0.4, -0.2) is 0 Å². The summed E-state index contributed by atoms with van der Waals surface area (Å²) in [5.41, 5.74) is 1.38. The maximum Gasteiger partial charge on any atom is -0.0266 e. The molecule has 4 rings (SSSR count). The normalized spacial score (nSPS) is 52.3. The van der Waals surface area contributed by atoms with E-state index in [1.165, 1.54) is 38.5 Å². The van der Waals surface area contributed by atoms with Gasteiger partial charge in [0.1, 0.15) is 0 Å². The van der Waals surface area contributed by atoms with Crippen LogP contribution in [0.15, 0.2) is 12.7 Å². The van der Waals surface area contributed by atoms with E-state index in [1.807, 2.05) is 0 Å². The van der Waals surface area contributed by atoms with Crippen molar-refractivity contribution in [2.45, 2.75) is 90.9 Å². The molecule has 0 bridgehead atoms. The van der Waals surface area contributed by atoms with Crippen LogP contribution in [0.1, 0.15) is 90.9 Å². The topological polar surface area (TPSA) is 0 Å². The molecule has 0 aromatic heterocycles. The molecule has 7 atom stereocenters. The molecule has 0 radical (unpaired) electrons. The van der Waals surface area contributed by atoms with E-state index in [0.29, 0.717) is 10.8 Å². The SMILES string of the molecule is C=CCC[C@H]1CC[C@H]2[C@@H]3CCC4CCCC[C@]4(C)[C@H]3CC[C@]12C. The molecular weight excluding hydrogens is 276 g/mol. The number of fused-ring (bicyclic) bond motifs is 5. The van der Waals surface area contributed by atoms with Gasteiger partial charge in [-0.3, -0.25) is 0 Å². The molecule has 0 aromatic carbocycles. The Labute approximate surface area is 144 Å². The highest BCUT2D eigenvalue weighted by molar-refractivity contribution is 5.08. The van der Waals surface area contributed by atoms with Gasteiger partial charge in [-0.2, -0.15) is 0 Å². The zero-order valence-electron chi connectivity index (χ0n) is 15.7. The van der Waals surface area contributed by atoms with Crippen molar-refractivity contribution in [1.29, 1.82) is 0 Å². The Morgan fingerprint density at radius 1 is 0.870 bits per heavy atom.